The van der Waals surface area contributed by atoms with E-state index >= 15 is 0 Å². The lowest BCUT2D eigenvalue weighted by Gasteiger charge is -2.08. The molecule has 2 amide bonds. The van der Waals surface area contributed by atoms with Crippen molar-refractivity contribution in [3.05, 3.63) is 70.7 Å². The van der Waals surface area contributed by atoms with E-state index in [1.807, 2.05) is 0 Å². The van der Waals surface area contributed by atoms with E-state index in [-0.39, 0.29) is 5.56 Å². The van der Waals surface area contributed by atoms with Crippen molar-refractivity contribution in [3.63, 3.8) is 0 Å². The van der Waals surface area contributed by atoms with Gasteiger partial charge in [-0.05, 0) is 30.3 Å². The molecule has 0 aliphatic carbocycles. The Kier molecular flexibility index (Phi) is 5.71. The average molecular weight is 333 g/mol. The molecule has 23 heavy (non-hydrogen) atoms. The van der Waals surface area contributed by atoms with Crippen LogP contribution in [0.2, 0.25) is 5.02 Å². The van der Waals surface area contributed by atoms with Gasteiger partial charge >= 0.3 is 5.97 Å². The van der Waals surface area contributed by atoms with E-state index in [2.05, 4.69) is 10.9 Å². The van der Waals surface area contributed by atoms with Gasteiger partial charge in [0.15, 0.2) is 6.61 Å². The van der Waals surface area contributed by atoms with Crippen molar-refractivity contribution in [2.24, 2.45) is 0 Å². The second kappa shape index (κ2) is 7.95. The Morgan fingerprint density at radius 1 is 0.913 bits per heavy atom. The largest absolute Gasteiger partial charge is 0.452 e. The van der Waals surface area contributed by atoms with Crippen LogP contribution in [0.4, 0.5) is 0 Å². The Morgan fingerprint density at radius 3 is 2.30 bits per heavy atom. The Labute approximate surface area is 137 Å². The number of hydrogen-bond acceptors (Lipinski definition) is 4. The number of rotatable bonds is 4. The van der Waals surface area contributed by atoms with E-state index in [1.165, 1.54) is 12.1 Å². The van der Waals surface area contributed by atoms with Gasteiger partial charge < -0.3 is 4.74 Å². The first kappa shape index (κ1) is 16.5. The molecule has 6 nitrogen and oxygen atoms in total. The molecule has 2 aromatic rings. The maximum Gasteiger partial charge on any atom is 0.338 e. The molecule has 0 radical (unpaired) electrons. The summed E-state index contributed by atoms with van der Waals surface area (Å²) >= 11 is 5.76. The van der Waals surface area contributed by atoms with Crippen molar-refractivity contribution < 1.29 is 19.1 Å². The van der Waals surface area contributed by atoms with E-state index in [4.69, 9.17) is 16.3 Å². The van der Waals surface area contributed by atoms with Crippen LogP contribution in [-0.2, 0) is 9.53 Å². The summed E-state index contributed by atoms with van der Waals surface area (Å²) in [6.45, 7) is -0.527. The zero-order valence-corrected chi connectivity index (χ0v) is 12.7. The van der Waals surface area contributed by atoms with E-state index in [9.17, 15) is 14.4 Å². The molecule has 0 saturated heterocycles. The monoisotopic (exact) mass is 332 g/mol. The van der Waals surface area contributed by atoms with Gasteiger partial charge in [-0.2, -0.15) is 0 Å². The predicted molar refractivity (Wildman–Crippen MR) is 83.8 cm³/mol. The first-order chi connectivity index (χ1) is 11.1. The lowest BCUT2D eigenvalue weighted by atomic mass is 10.2. The first-order valence-corrected chi connectivity index (χ1v) is 7.01. The topological polar surface area (TPSA) is 84.5 Å². The zero-order chi connectivity index (χ0) is 16.7. The maximum atomic E-state index is 11.7. The highest BCUT2D eigenvalue weighted by atomic mass is 35.5. The molecule has 0 aromatic heterocycles. The summed E-state index contributed by atoms with van der Waals surface area (Å²) in [7, 11) is 0. The van der Waals surface area contributed by atoms with Crippen molar-refractivity contribution in [2.45, 2.75) is 0 Å². The highest BCUT2D eigenvalue weighted by molar-refractivity contribution is 6.30. The molecule has 0 bridgehead atoms. The lowest BCUT2D eigenvalue weighted by Crippen LogP contribution is -2.43. The van der Waals surface area contributed by atoms with Crippen LogP contribution in [0.1, 0.15) is 20.7 Å². The van der Waals surface area contributed by atoms with Crippen LogP contribution in [0.3, 0.4) is 0 Å². The molecule has 0 spiro atoms. The van der Waals surface area contributed by atoms with Crippen LogP contribution in [0.15, 0.2) is 54.6 Å². The van der Waals surface area contributed by atoms with Gasteiger partial charge in [-0.25, -0.2) is 4.79 Å². The number of halogens is 1. The number of nitrogens with one attached hydrogen (secondary N) is 2. The first-order valence-electron chi connectivity index (χ1n) is 6.63. The van der Waals surface area contributed by atoms with Gasteiger partial charge in [0, 0.05) is 10.6 Å². The number of benzene rings is 2. The van der Waals surface area contributed by atoms with Crippen molar-refractivity contribution in [2.75, 3.05) is 6.61 Å². The second-order valence-electron chi connectivity index (χ2n) is 4.45. The Balaban J connectivity index is 1.77. The third kappa shape index (κ3) is 5.12. The van der Waals surface area contributed by atoms with Crippen LogP contribution in [0.5, 0.6) is 0 Å². The number of carbonyl (C=O) groups is 3. The van der Waals surface area contributed by atoms with Crippen LogP contribution in [-0.4, -0.2) is 24.4 Å². The standard InChI is InChI=1S/C16H13ClN2O4/c17-13-8-4-7-12(9-13)16(22)23-10-14(20)18-19-15(21)11-5-2-1-3-6-11/h1-9H,10H2,(H,18,20)(H,19,21). The normalized spacial score (nSPS) is 9.78. The van der Waals surface area contributed by atoms with Gasteiger partial charge in [-0.3, -0.25) is 20.4 Å². The Hall–Kier alpha value is -2.86. The average Bonchev–Trinajstić information content (AvgIpc) is 2.58. The number of amides is 2. The zero-order valence-electron chi connectivity index (χ0n) is 11.9. The number of carbonyl (C=O) groups excluding carboxylic acids is 3. The van der Waals surface area contributed by atoms with Crippen molar-refractivity contribution in [3.8, 4) is 0 Å². The molecule has 118 valence electrons. The van der Waals surface area contributed by atoms with Gasteiger partial charge in [0.25, 0.3) is 11.8 Å². The molecule has 0 unspecified atom stereocenters. The van der Waals surface area contributed by atoms with Gasteiger partial charge in [0.1, 0.15) is 0 Å². The fourth-order valence-corrected chi connectivity index (χ4v) is 1.84. The van der Waals surface area contributed by atoms with Gasteiger partial charge in [-0.15, -0.1) is 0 Å². The van der Waals surface area contributed by atoms with Gasteiger partial charge in [-0.1, -0.05) is 35.9 Å². The molecule has 2 rings (SSSR count). The van der Waals surface area contributed by atoms with Crippen LogP contribution in [0, 0.1) is 0 Å². The number of ether oxygens (including phenoxy) is 1. The minimum absolute atomic E-state index is 0.235. The molecular weight excluding hydrogens is 320 g/mol. The summed E-state index contributed by atoms with van der Waals surface area (Å²) in [6, 6.07) is 14.5. The van der Waals surface area contributed by atoms with Crippen molar-refractivity contribution in [1.82, 2.24) is 10.9 Å². The summed E-state index contributed by atoms with van der Waals surface area (Å²) < 4.78 is 4.82. The van der Waals surface area contributed by atoms with E-state index in [0.29, 0.717) is 10.6 Å². The predicted octanol–water partition coefficient (Wildman–Crippen LogP) is 1.96. The summed E-state index contributed by atoms with van der Waals surface area (Å²) in [4.78, 5) is 35.0. The van der Waals surface area contributed by atoms with Crippen LogP contribution >= 0.6 is 11.6 Å². The van der Waals surface area contributed by atoms with E-state index < -0.39 is 24.4 Å². The van der Waals surface area contributed by atoms with Gasteiger partial charge in [0.2, 0.25) is 0 Å². The van der Waals surface area contributed by atoms with E-state index in [0.717, 1.165) is 0 Å². The molecular formula is C16H13ClN2O4. The molecule has 0 atom stereocenters. The number of hydrogen-bond donors (Lipinski definition) is 2. The number of hydrazine groups is 1. The molecule has 0 heterocycles. The summed E-state index contributed by atoms with van der Waals surface area (Å²) in [6.07, 6.45) is 0. The minimum atomic E-state index is -0.683. The van der Waals surface area contributed by atoms with Crippen LogP contribution < -0.4 is 10.9 Å². The molecule has 0 fully saturated rings. The highest BCUT2D eigenvalue weighted by Gasteiger charge is 2.11. The van der Waals surface area contributed by atoms with E-state index in [1.54, 1.807) is 42.5 Å². The lowest BCUT2D eigenvalue weighted by molar-refractivity contribution is -0.125. The molecule has 2 aromatic carbocycles. The quantitative estimate of drug-likeness (QED) is 0.662. The SMILES string of the molecule is O=C(COC(=O)c1cccc(Cl)c1)NNC(=O)c1ccccc1. The summed E-state index contributed by atoms with van der Waals surface area (Å²) in [5.74, 6) is -1.82. The second-order valence-corrected chi connectivity index (χ2v) is 4.89. The van der Waals surface area contributed by atoms with Crippen LogP contribution in [0.25, 0.3) is 0 Å². The van der Waals surface area contributed by atoms with Crippen molar-refractivity contribution in [1.29, 1.82) is 0 Å². The molecule has 0 aliphatic heterocycles. The van der Waals surface area contributed by atoms with Crippen molar-refractivity contribution >= 4 is 29.4 Å². The highest BCUT2D eigenvalue weighted by Crippen LogP contribution is 2.11. The molecule has 7 heteroatoms. The Bertz CT molecular complexity index is 719. The third-order valence-electron chi connectivity index (χ3n) is 2.75. The van der Waals surface area contributed by atoms with Gasteiger partial charge in [0.05, 0.1) is 5.56 Å². The Morgan fingerprint density at radius 2 is 1.61 bits per heavy atom. The molecule has 0 saturated carbocycles. The molecule has 2 N–H and O–H groups in total. The fraction of sp³-hybridized carbons (Fsp3) is 0.0625. The minimum Gasteiger partial charge on any atom is -0.452 e. The smallest absolute Gasteiger partial charge is 0.338 e. The summed E-state index contributed by atoms with van der Waals surface area (Å²) in [5, 5.41) is 0.388. The fourth-order valence-electron chi connectivity index (χ4n) is 1.65. The molecule has 0 aliphatic rings. The third-order valence-corrected chi connectivity index (χ3v) is 2.98. The number of esters is 1. The summed E-state index contributed by atoms with van der Waals surface area (Å²) in [5.41, 5.74) is 5.00. The maximum absolute atomic E-state index is 11.7.